The minimum atomic E-state index is -0.270. The molecule has 1 unspecified atom stereocenters. The lowest BCUT2D eigenvalue weighted by molar-refractivity contribution is -0.145. The van der Waals surface area contributed by atoms with Gasteiger partial charge >= 0.3 is 5.97 Å². The van der Waals surface area contributed by atoms with Crippen LogP contribution in [0.25, 0.3) is 0 Å². The summed E-state index contributed by atoms with van der Waals surface area (Å²) in [6, 6.07) is 3.89. The number of aryl methyl sites for hydroxylation is 1. The highest BCUT2D eigenvalue weighted by molar-refractivity contribution is 5.79. The van der Waals surface area contributed by atoms with Crippen LogP contribution < -0.4 is 10.5 Å². The molecule has 1 aromatic rings. The summed E-state index contributed by atoms with van der Waals surface area (Å²) in [5.41, 5.74) is 8.71. The van der Waals surface area contributed by atoms with Crippen LogP contribution in [0.3, 0.4) is 0 Å². The third-order valence-electron chi connectivity index (χ3n) is 4.17. The van der Waals surface area contributed by atoms with Crippen LogP contribution in [0.1, 0.15) is 57.1 Å². The van der Waals surface area contributed by atoms with Crippen molar-refractivity contribution in [1.29, 1.82) is 0 Å². The summed E-state index contributed by atoms with van der Waals surface area (Å²) in [6.45, 7) is 9.16. The van der Waals surface area contributed by atoms with Gasteiger partial charge in [-0.1, -0.05) is 19.9 Å². The Balaban J connectivity index is 2.22. The number of hydrogen-bond donors (Lipinski definition) is 1. The number of hydrogen-bond acceptors (Lipinski definition) is 4. The number of nitrogens with two attached hydrogens (primary N) is 1. The molecule has 1 aliphatic carbocycles. The fourth-order valence-corrected chi connectivity index (χ4v) is 2.80. The first-order valence-corrected chi connectivity index (χ1v) is 8.61. The van der Waals surface area contributed by atoms with Gasteiger partial charge in [0.1, 0.15) is 5.75 Å². The molecule has 0 amide bonds. The van der Waals surface area contributed by atoms with E-state index in [1.807, 2.05) is 26.0 Å². The molecule has 0 saturated heterocycles. The van der Waals surface area contributed by atoms with Crippen LogP contribution in [0.4, 0.5) is 5.69 Å². The predicted octanol–water partition coefficient (Wildman–Crippen LogP) is 4.06. The van der Waals surface area contributed by atoms with Crippen LogP contribution in [-0.2, 0) is 9.53 Å². The van der Waals surface area contributed by atoms with E-state index in [0.29, 0.717) is 24.1 Å². The first-order valence-electron chi connectivity index (χ1n) is 8.61. The normalized spacial score (nSPS) is 15.5. The van der Waals surface area contributed by atoms with Crippen LogP contribution in [0, 0.1) is 18.8 Å². The van der Waals surface area contributed by atoms with Crippen molar-refractivity contribution in [3.05, 3.63) is 23.3 Å². The van der Waals surface area contributed by atoms with E-state index >= 15 is 0 Å². The summed E-state index contributed by atoms with van der Waals surface area (Å²) < 4.78 is 11.1. The molecular formula is C19H29NO3. The Hall–Kier alpha value is -1.71. The van der Waals surface area contributed by atoms with Crippen LogP contribution in [0.2, 0.25) is 0 Å². The van der Waals surface area contributed by atoms with Gasteiger partial charge in [-0.05, 0) is 62.1 Å². The monoisotopic (exact) mass is 319 g/mol. The van der Waals surface area contributed by atoms with Gasteiger partial charge in [0.2, 0.25) is 0 Å². The Bertz CT molecular complexity index is 527. The molecule has 23 heavy (non-hydrogen) atoms. The maximum absolute atomic E-state index is 12.3. The first kappa shape index (κ1) is 17.6. The highest BCUT2D eigenvalue weighted by Crippen LogP contribution is 2.36. The summed E-state index contributed by atoms with van der Waals surface area (Å²) in [5, 5.41) is 0. The number of carbonyl (C=O) groups is 1. The Kier molecular flexibility index (Phi) is 5.91. The third kappa shape index (κ3) is 4.88. The van der Waals surface area contributed by atoms with Gasteiger partial charge in [-0.2, -0.15) is 0 Å². The minimum Gasteiger partial charge on any atom is -0.491 e. The Morgan fingerprint density at radius 3 is 2.57 bits per heavy atom. The molecule has 0 aromatic heterocycles. The molecule has 0 bridgehead atoms. The average molecular weight is 319 g/mol. The SMILES string of the molecule is CCOC(=O)C(CC(C)C)c1cc(C)c(OCC2CC2)c(N)c1. The van der Waals surface area contributed by atoms with Gasteiger partial charge < -0.3 is 15.2 Å². The van der Waals surface area contributed by atoms with E-state index in [2.05, 4.69) is 13.8 Å². The van der Waals surface area contributed by atoms with Gasteiger partial charge in [-0.15, -0.1) is 0 Å². The van der Waals surface area contributed by atoms with Gasteiger partial charge in [0, 0.05) is 0 Å². The van der Waals surface area contributed by atoms with Gasteiger partial charge in [-0.3, -0.25) is 4.79 Å². The van der Waals surface area contributed by atoms with Crippen molar-refractivity contribution < 1.29 is 14.3 Å². The van der Waals surface area contributed by atoms with Gasteiger partial charge in [0.05, 0.1) is 24.8 Å². The van der Waals surface area contributed by atoms with Crippen molar-refractivity contribution in [2.45, 2.75) is 52.9 Å². The van der Waals surface area contributed by atoms with Crippen molar-refractivity contribution >= 4 is 11.7 Å². The molecule has 0 heterocycles. The molecule has 1 atom stereocenters. The zero-order valence-electron chi connectivity index (χ0n) is 14.7. The molecule has 128 valence electrons. The molecule has 4 nitrogen and oxygen atoms in total. The highest BCUT2D eigenvalue weighted by Gasteiger charge is 2.26. The van der Waals surface area contributed by atoms with E-state index in [0.717, 1.165) is 29.9 Å². The lowest BCUT2D eigenvalue weighted by Gasteiger charge is -2.20. The van der Waals surface area contributed by atoms with Crippen LogP contribution >= 0.6 is 0 Å². The molecule has 2 N–H and O–H groups in total. The second-order valence-electron chi connectivity index (χ2n) is 6.94. The molecule has 0 spiro atoms. The molecule has 4 heteroatoms. The minimum absolute atomic E-state index is 0.174. The van der Waals surface area contributed by atoms with E-state index in [4.69, 9.17) is 15.2 Å². The van der Waals surface area contributed by atoms with Crippen LogP contribution in [0.15, 0.2) is 12.1 Å². The van der Waals surface area contributed by atoms with Gasteiger partial charge in [0.25, 0.3) is 0 Å². The van der Waals surface area contributed by atoms with Gasteiger partial charge in [-0.25, -0.2) is 0 Å². The van der Waals surface area contributed by atoms with E-state index in [1.54, 1.807) is 0 Å². The Labute approximate surface area is 139 Å². The van der Waals surface area contributed by atoms with E-state index in [1.165, 1.54) is 12.8 Å². The zero-order valence-corrected chi connectivity index (χ0v) is 14.7. The van der Waals surface area contributed by atoms with Crippen molar-refractivity contribution in [2.75, 3.05) is 18.9 Å². The molecule has 1 fully saturated rings. The summed E-state index contributed by atoms with van der Waals surface area (Å²) in [4.78, 5) is 12.3. The Morgan fingerprint density at radius 1 is 1.35 bits per heavy atom. The van der Waals surface area contributed by atoms with Crippen molar-refractivity contribution in [3.8, 4) is 5.75 Å². The van der Waals surface area contributed by atoms with Crippen LogP contribution in [0.5, 0.6) is 5.75 Å². The molecule has 0 radical (unpaired) electrons. The highest BCUT2D eigenvalue weighted by atomic mass is 16.5. The standard InChI is InChI=1S/C19H29NO3/c1-5-22-19(21)16(8-12(2)3)15-9-13(4)18(17(20)10-15)23-11-14-6-7-14/h9-10,12,14,16H,5-8,11,20H2,1-4H3. The van der Waals surface area contributed by atoms with Crippen molar-refractivity contribution in [3.63, 3.8) is 0 Å². The molecule has 0 aliphatic heterocycles. The predicted molar refractivity (Wildman–Crippen MR) is 92.6 cm³/mol. The third-order valence-corrected chi connectivity index (χ3v) is 4.17. The quantitative estimate of drug-likeness (QED) is 0.580. The number of benzene rings is 1. The smallest absolute Gasteiger partial charge is 0.313 e. The zero-order chi connectivity index (χ0) is 17.0. The van der Waals surface area contributed by atoms with Crippen molar-refractivity contribution in [1.82, 2.24) is 0 Å². The maximum atomic E-state index is 12.3. The lowest BCUT2D eigenvalue weighted by Crippen LogP contribution is -2.18. The summed E-state index contributed by atoms with van der Waals surface area (Å²) in [5.74, 6) is 1.39. The van der Waals surface area contributed by atoms with E-state index < -0.39 is 0 Å². The first-order chi connectivity index (χ1) is 10.9. The molecule has 2 rings (SSSR count). The fourth-order valence-electron chi connectivity index (χ4n) is 2.80. The largest absolute Gasteiger partial charge is 0.491 e. The number of esters is 1. The summed E-state index contributed by atoms with van der Waals surface area (Å²) >= 11 is 0. The second-order valence-corrected chi connectivity index (χ2v) is 6.94. The number of anilines is 1. The van der Waals surface area contributed by atoms with Crippen LogP contribution in [-0.4, -0.2) is 19.2 Å². The molecular weight excluding hydrogens is 290 g/mol. The Morgan fingerprint density at radius 2 is 2.04 bits per heavy atom. The fraction of sp³-hybridized carbons (Fsp3) is 0.632. The topological polar surface area (TPSA) is 61.5 Å². The number of ether oxygens (including phenoxy) is 2. The number of rotatable bonds is 8. The molecule has 1 aliphatic rings. The van der Waals surface area contributed by atoms with E-state index in [-0.39, 0.29) is 11.9 Å². The van der Waals surface area contributed by atoms with Gasteiger partial charge in [0.15, 0.2) is 0 Å². The summed E-state index contributed by atoms with van der Waals surface area (Å²) in [6.07, 6.45) is 3.24. The van der Waals surface area contributed by atoms with Crippen molar-refractivity contribution in [2.24, 2.45) is 11.8 Å². The van der Waals surface area contributed by atoms with E-state index in [9.17, 15) is 4.79 Å². The maximum Gasteiger partial charge on any atom is 0.313 e. The lowest BCUT2D eigenvalue weighted by atomic mass is 9.89. The second kappa shape index (κ2) is 7.71. The molecule has 1 aromatic carbocycles. The summed E-state index contributed by atoms with van der Waals surface area (Å²) in [7, 11) is 0. The number of carbonyl (C=O) groups excluding carboxylic acids is 1. The average Bonchev–Trinajstić information content (AvgIpc) is 3.28. The molecule has 1 saturated carbocycles. The number of nitrogen functional groups attached to an aromatic ring is 1.